The Hall–Kier alpha value is -0.690. The number of ether oxygens (including phenoxy) is 5. The minimum Gasteiger partial charge on any atom is -0.466 e. The summed E-state index contributed by atoms with van der Waals surface area (Å²) in [6.45, 7) is 9.49. The van der Waals surface area contributed by atoms with E-state index in [4.69, 9.17) is 23.7 Å². The Morgan fingerprint density at radius 2 is 0.853 bits per heavy atom. The lowest BCUT2D eigenvalue weighted by molar-refractivity contribution is -0.144. The molecule has 0 aliphatic rings. The molecule has 6 heteroatoms. The summed E-state index contributed by atoms with van der Waals surface area (Å²) in [6, 6.07) is 0. The van der Waals surface area contributed by atoms with Gasteiger partial charge in [0.25, 0.3) is 0 Å². The normalized spacial score (nSPS) is 11.2. The third-order valence-corrected chi connectivity index (χ3v) is 5.75. The number of carbonyl (C=O) groups is 1. The van der Waals surface area contributed by atoms with Crippen molar-refractivity contribution in [2.75, 3.05) is 59.5 Å². The average molecular weight is 489 g/mol. The zero-order valence-electron chi connectivity index (χ0n) is 22.6. The predicted octanol–water partition coefficient (Wildman–Crippen LogP) is 6.88. The average Bonchev–Trinajstić information content (AvgIpc) is 2.84. The van der Waals surface area contributed by atoms with Crippen LogP contribution in [0.15, 0.2) is 0 Å². The van der Waals surface area contributed by atoms with Crippen LogP contribution in [0.1, 0.15) is 117 Å². The minimum atomic E-state index is -0.112. The van der Waals surface area contributed by atoms with Gasteiger partial charge in [0.2, 0.25) is 0 Å². The van der Waals surface area contributed by atoms with Crippen molar-refractivity contribution in [2.45, 2.75) is 117 Å². The molecular weight excluding hydrogens is 432 g/mol. The summed E-state index contributed by atoms with van der Waals surface area (Å²) in [4.78, 5) is 11.8. The second kappa shape index (κ2) is 30.3. The minimum absolute atomic E-state index is 0.112. The van der Waals surface area contributed by atoms with E-state index in [1.807, 2.05) is 6.92 Å². The molecule has 0 fully saturated rings. The molecule has 6 nitrogen and oxygen atoms in total. The van der Waals surface area contributed by atoms with Gasteiger partial charge in [-0.05, 0) is 19.8 Å². The first-order valence-electron chi connectivity index (χ1n) is 14.3. The summed E-state index contributed by atoms with van der Waals surface area (Å²) < 4.78 is 26.8. The van der Waals surface area contributed by atoms with Crippen LogP contribution in [0.3, 0.4) is 0 Å². The highest BCUT2D eigenvalue weighted by molar-refractivity contribution is 5.69. The Kier molecular flexibility index (Phi) is 29.7. The molecule has 0 bridgehead atoms. The van der Waals surface area contributed by atoms with Gasteiger partial charge in [-0.25, -0.2) is 0 Å². The summed E-state index contributed by atoms with van der Waals surface area (Å²) in [7, 11) is 0. The highest BCUT2D eigenvalue weighted by atomic mass is 16.6. The number of hydrogen-bond donors (Lipinski definition) is 0. The number of unbranched alkanes of at least 4 members (excludes halogenated alkanes) is 13. The van der Waals surface area contributed by atoms with Crippen molar-refractivity contribution >= 4 is 5.97 Å². The molecule has 0 radical (unpaired) electrons. The van der Waals surface area contributed by atoms with Crippen molar-refractivity contribution < 1.29 is 28.5 Å². The summed E-state index contributed by atoms with van der Waals surface area (Å²) in [5.41, 5.74) is 0. The maximum Gasteiger partial charge on any atom is 0.305 e. The molecule has 0 aromatic heterocycles. The topological polar surface area (TPSA) is 63.2 Å². The van der Waals surface area contributed by atoms with E-state index in [-0.39, 0.29) is 5.97 Å². The second-order valence-electron chi connectivity index (χ2n) is 8.95. The first kappa shape index (κ1) is 33.3. The first-order chi connectivity index (χ1) is 16.8. The van der Waals surface area contributed by atoms with Crippen molar-refractivity contribution in [2.24, 2.45) is 0 Å². The smallest absolute Gasteiger partial charge is 0.305 e. The van der Waals surface area contributed by atoms with E-state index < -0.39 is 0 Å². The summed E-state index contributed by atoms with van der Waals surface area (Å²) >= 11 is 0. The highest BCUT2D eigenvalue weighted by Gasteiger charge is 2.02. The van der Waals surface area contributed by atoms with E-state index in [1.54, 1.807) is 0 Å². The zero-order valence-corrected chi connectivity index (χ0v) is 22.6. The quantitative estimate of drug-likeness (QED) is 0.0845. The largest absolute Gasteiger partial charge is 0.466 e. The standard InChI is InChI=1S/C28H56O6/c1-3-5-6-7-8-9-10-11-12-13-14-15-16-17-21-34-28(29)19-18-20-31-24-25-33-27-26-32-23-22-30-4-2/h3-27H2,1-2H3. The van der Waals surface area contributed by atoms with Gasteiger partial charge in [0.15, 0.2) is 0 Å². The lowest BCUT2D eigenvalue weighted by atomic mass is 10.0. The van der Waals surface area contributed by atoms with Crippen LogP contribution in [0, 0.1) is 0 Å². The number of carbonyl (C=O) groups excluding carboxylic acids is 1. The highest BCUT2D eigenvalue weighted by Crippen LogP contribution is 2.13. The van der Waals surface area contributed by atoms with E-state index in [9.17, 15) is 4.79 Å². The maximum atomic E-state index is 11.8. The fourth-order valence-electron chi connectivity index (χ4n) is 3.68. The SMILES string of the molecule is CCCCCCCCCCCCCCCCOC(=O)CCCOCCOCCOCCOCC. The number of hydrogen-bond acceptors (Lipinski definition) is 6. The fourth-order valence-corrected chi connectivity index (χ4v) is 3.68. The van der Waals surface area contributed by atoms with Crippen molar-refractivity contribution in [1.29, 1.82) is 0 Å². The molecule has 0 amide bonds. The number of esters is 1. The van der Waals surface area contributed by atoms with Gasteiger partial charge in [-0.1, -0.05) is 90.4 Å². The number of rotatable bonds is 29. The molecule has 0 saturated carbocycles. The molecule has 0 heterocycles. The van der Waals surface area contributed by atoms with Crippen LogP contribution in [-0.4, -0.2) is 65.4 Å². The van der Waals surface area contributed by atoms with E-state index in [1.165, 1.54) is 77.0 Å². The van der Waals surface area contributed by atoms with Crippen LogP contribution in [0.25, 0.3) is 0 Å². The molecule has 204 valence electrons. The van der Waals surface area contributed by atoms with Crippen molar-refractivity contribution in [1.82, 2.24) is 0 Å². The lowest BCUT2D eigenvalue weighted by Gasteiger charge is -2.07. The fraction of sp³-hybridized carbons (Fsp3) is 0.964. The van der Waals surface area contributed by atoms with Crippen LogP contribution in [0.4, 0.5) is 0 Å². The zero-order chi connectivity index (χ0) is 24.8. The molecule has 0 atom stereocenters. The van der Waals surface area contributed by atoms with Gasteiger partial charge in [0.05, 0.1) is 46.2 Å². The van der Waals surface area contributed by atoms with Gasteiger partial charge in [-0.15, -0.1) is 0 Å². The summed E-state index contributed by atoms with van der Waals surface area (Å²) in [5.74, 6) is -0.112. The molecule has 0 spiro atoms. The third kappa shape index (κ3) is 29.3. The lowest BCUT2D eigenvalue weighted by Crippen LogP contribution is -2.12. The molecule has 0 unspecified atom stereocenters. The van der Waals surface area contributed by atoms with E-state index in [0.717, 1.165) is 12.8 Å². The molecular formula is C28H56O6. The Morgan fingerprint density at radius 3 is 1.32 bits per heavy atom. The molecule has 34 heavy (non-hydrogen) atoms. The van der Waals surface area contributed by atoms with E-state index >= 15 is 0 Å². The van der Waals surface area contributed by atoms with Gasteiger partial charge >= 0.3 is 5.97 Å². The molecule has 0 saturated heterocycles. The molecule has 0 rings (SSSR count). The van der Waals surface area contributed by atoms with E-state index in [0.29, 0.717) is 72.3 Å². The van der Waals surface area contributed by atoms with Gasteiger partial charge in [-0.2, -0.15) is 0 Å². The first-order valence-corrected chi connectivity index (χ1v) is 14.3. The molecule has 0 aliphatic carbocycles. The van der Waals surface area contributed by atoms with Crippen molar-refractivity contribution in [3.63, 3.8) is 0 Å². The maximum absolute atomic E-state index is 11.8. The Balaban J connectivity index is 3.14. The molecule has 0 aromatic carbocycles. The van der Waals surface area contributed by atoms with Crippen LogP contribution in [0.5, 0.6) is 0 Å². The van der Waals surface area contributed by atoms with Gasteiger partial charge < -0.3 is 23.7 Å². The van der Waals surface area contributed by atoms with Crippen LogP contribution >= 0.6 is 0 Å². The van der Waals surface area contributed by atoms with Crippen molar-refractivity contribution in [3.05, 3.63) is 0 Å². The summed E-state index contributed by atoms with van der Waals surface area (Å²) in [6.07, 6.45) is 19.8. The van der Waals surface area contributed by atoms with E-state index in [2.05, 4.69) is 6.92 Å². The van der Waals surface area contributed by atoms with Gasteiger partial charge in [0.1, 0.15) is 0 Å². The predicted molar refractivity (Wildman–Crippen MR) is 139 cm³/mol. The molecule has 0 aliphatic heterocycles. The molecule has 0 aromatic rings. The van der Waals surface area contributed by atoms with Crippen LogP contribution in [-0.2, 0) is 28.5 Å². The Bertz CT molecular complexity index is 391. The monoisotopic (exact) mass is 488 g/mol. The Morgan fingerprint density at radius 1 is 0.441 bits per heavy atom. The van der Waals surface area contributed by atoms with Crippen LogP contribution < -0.4 is 0 Å². The van der Waals surface area contributed by atoms with Gasteiger partial charge in [-0.3, -0.25) is 4.79 Å². The van der Waals surface area contributed by atoms with Crippen LogP contribution in [0.2, 0.25) is 0 Å². The van der Waals surface area contributed by atoms with Gasteiger partial charge in [0, 0.05) is 19.6 Å². The third-order valence-electron chi connectivity index (χ3n) is 5.75. The molecule has 0 N–H and O–H groups in total. The second-order valence-corrected chi connectivity index (χ2v) is 8.95. The van der Waals surface area contributed by atoms with Crippen molar-refractivity contribution in [3.8, 4) is 0 Å². The Labute approximate surface area is 210 Å². The summed E-state index contributed by atoms with van der Waals surface area (Å²) in [5, 5.41) is 0.